The van der Waals surface area contributed by atoms with Gasteiger partial charge in [0.05, 0.1) is 18.7 Å². The van der Waals surface area contributed by atoms with Crippen LogP contribution in [-0.4, -0.2) is 5.91 Å². The van der Waals surface area contributed by atoms with Crippen LogP contribution < -0.4 is 11.1 Å². The van der Waals surface area contributed by atoms with Crippen molar-refractivity contribution in [1.82, 2.24) is 5.32 Å². The highest BCUT2D eigenvalue weighted by atomic mass is 16.3. The van der Waals surface area contributed by atoms with Gasteiger partial charge in [-0.25, -0.2) is 0 Å². The first-order chi connectivity index (χ1) is 9.20. The highest BCUT2D eigenvalue weighted by molar-refractivity contribution is 5.79. The summed E-state index contributed by atoms with van der Waals surface area (Å²) < 4.78 is 5.26. The maximum absolute atomic E-state index is 12.0. The Hall–Kier alpha value is -2.07. The Morgan fingerprint density at radius 3 is 2.63 bits per heavy atom. The number of nitrogens with two attached hydrogens (primary N) is 1. The standard InChI is InChI=1S/C15H18N2O2/c1-11(14-7-4-8-19-14)17-15(18)9-12-5-2-3-6-13(12)10-16/h2-8,11H,9-10,16H2,1H3,(H,17,18)/t11-/m1/s1. The second kappa shape index (κ2) is 6.20. The van der Waals surface area contributed by atoms with E-state index in [2.05, 4.69) is 5.32 Å². The van der Waals surface area contributed by atoms with E-state index in [0.29, 0.717) is 13.0 Å². The third-order valence-electron chi connectivity index (χ3n) is 3.04. The number of carbonyl (C=O) groups excluding carboxylic acids is 1. The molecule has 4 heteroatoms. The van der Waals surface area contributed by atoms with Crippen LogP contribution in [0.5, 0.6) is 0 Å². The molecule has 0 aliphatic heterocycles. The molecule has 0 aliphatic carbocycles. The van der Waals surface area contributed by atoms with Gasteiger partial charge in [0, 0.05) is 6.54 Å². The molecule has 1 aromatic carbocycles. The summed E-state index contributed by atoms with van der Waals surface area (Å²) in [6.07, 6.45) is 1.93. The molecule has 4 nitrogen and oxygen atoms in total. The van der Waals surface area contributed by atoms with Crippen molar-refractivity contribution in [2.75, 3.05) is 0 Å². The van der Waals surface area contributed by atoms with Gasteiger partial charge in [-0.1, -0.05) is 24.3 Å². The van der Waals surface area contributed by atoms with Crippen LogP contribution >= 0.6 is 0 Å². The largest absolute Gasteiger partial charge is 0.467 e. The van der Waals surface area contributed by atoms with Crippen LogP contribution in [0.15, 0.2) is 47.1 Å². The number of amides is 1. The second-order valence-electron chi connectivity index (χ2n) is 4.45. The van der Waals surface area contributed by atoms with E-state index in [0.717, 1.165) is 16.9 Å². The summed E-state index contributed by atoms with van der Waals surface area (Å²) in [5, 5.41) is 2.91. The number of furan rings is 1. The second-order valence-corrected chi connectivity index (χ2v) is 4.45. The van der Waals surface area contributed by atoms with Crippen molar-refractivity contribution < 1.29 is 9.21 Å². The fourth-order valence-corrected chi connectivity index (χ4v) is 2.00. The molecule has 0 fully saturated rings. The van der Waals surface area contributed by atoms with Gasteiger partial charge in [-0.2, -0.15) is 0 Å². The summed E-state index contributed by atoms with van der Waals surface area (Å²) in [4.78, 5) is 12.0. The molecule has 0 bridgehead atoms. The quantitative estimate of drug-likeness (QED) is 0.863. The lowest BCUT2D eigenvalue weighted by Gasteiger charge is -2.12. The van der Waals surface area contributed by atoms with Crippen molar-refractivity contribution >= 4 is 5.91 Å². The first kappa shape index (κ1) is 13.4. The van der Waals surface area contributed by atoms with Gasteiger partial charge in [-0.05, 0) is 30.2 Å². The van der Waals surface area contributed by atoms with Crippen molar-refractivity contribution in [2.24, 2.45) is 5.73 Å². The van der Waals surface area contributed by atoms with Gasteiger partial charge in [0.2, 0.25) is 5.91 Å². The number of rotatable bonds is 5. The summed E-state index contributed by atoms with van der Waals surface area (Å²) in [5.74, 6) is 0.713. The van der Waals surface area contributed by atoms with Crippen LogP contribution in [0.25, 0.3) is 0 Å². The van der Waals surface area contributed by atoms with Gasteiger partial charge in [0.1, 0.15) is 5.76 Å². The summed E-state index contributed by atoms with van der Waals surface area (Å²) in [6.45, 7) is 2.34. The molecule has 1 heterocycles. The molecular formula is C15H18N2O2. The molecular weight excluding hydrogens is 240 g/mol. The van der Waals surface area contributed by atoms with Gasteiger partial charge in [0.15, 0.2) is 0 Å². The smallest absolute Gasteiger partial charge is 0.225 e. The van der Waals surface area contributed by atoms with Gasteiger partial charge in [-0.3, -0.25) is 4.79 Å². The van der Waals surface area contributed by atoms with Crippen LogP contribution in [0.3, 0.4) is 0 Å². The number of hydrogen-bond donors (Lipinski definition) is 2. The van der Waals surface area contributed by atoms with Crippen LogP contribution in [0.4, 0.5) is 0 Å². The molecule has 2 aromatic rings. The third kappa shape index (κ3) is 3.45. The molecule has 0 aliphatic rings. The summed E-state index contributed by atoms with van der Waals surface area (Å²) in [7, 11) is 0. The molecule has 1 amide bonds. The van der Waals surface area contributed by atoms with E-state index in [1.165, 1.54) is 0 Å². The molecule has 0 spiro atoms. The van der Waals surface area contributed by atoms with Crippen molar-refractivity contribution in [3.8, 4) is 0 Å². The molecule has 0 radical (unpaired) electrons. The Bertz CT molecular complexity index is 535. The topological polar surface area (TPSA) is 68.3 Å². The SMILES string of the molecule is C[C@@H](NC(=O)Cc1ccccc1CN)c1ccco1. The fraction of sp³-hybridized carbons (Fsp3) is 0.267. The summed E-state index contributed by atoms with van der Waals surface area (Å²) in [5.41, 5.74) is 7.63. The fourth-order valence-electron chi connectivity index (χ4n) is 2.00. The highest BCUT2D eigenvalue weighted by Crippen LogP contribution is 2.13. The average molecular weight is 258 g/mol. The van der Waals surface area contributed by atoms with E-state index >= 15 is 0 Å². The van der Waals surface area contributed by atoms with Gasteiger partial charge in [0.25, 0.3) is 0 Å². The minimum Gasteiger partial charge on any atom is -0.467 e. The lowest BCUT2D eigenvalue weighted by atomic mass is 10.0. The Labute approximate surface area is 112 Å². The maximum Gasteiger partial charge on any atom is 0.225 e. The van der Waals surface area contributed by atoms with E-state index < -0.39 is 0 Å². The van der Waals surface area contributed by atoms with Crippen molar-refractivity contribution in [2.45, 2.75) is 25.9 Å². The zero-order chi connectivity index (χ0) is 13.7. The Kier molecular flexibility index (Phi) is 4.36. The minimum absolute atomic E-state index is 0.0372. The first-order valence-corrected chi connectivity index (χ1v) is 6.30. The molecule has 2 rings (SSSR count). The zero-order valence-electron chi connectivity index (χ0n) is 10.9. The van der Waals surface area contributed by atoms with Crippen molar-refractivity contribution in [3.63, 3.8) is 0 Å². The lowest BCUT2D eigenvalue weighted by molar-refractivity contribution is -0.121. The molecule has 0 unspecified atom stereocenters. The first-order valence-electron chi connectivity index (χ1n) is 6.30. The molecule has 0 saturated carbocycles. The monoisotopic (exact) mass is 258 g/mol. The minimum atomic E-state index is -0.132. The van der Waals surface area contributed by atoms with Crippen LogP contribution in [-0.2, 0) is 17.8 Å². The number of hydrogen-bond acceptors (Lipinski definition) is 3. The average Bonchev–Trinajstić information content (AvgIpc) is 2.93. The number of carbonyl (C=O) groups is 1. The summed E-state index contributed by atoms with van der Waals surface area (Å²) in [6, 6.07) is 11.2. The van der Waals surface area contributed by atoms with E-state index in [9.17, 15) is 4.79 Å². The normalized spacial score (nSPS) is 12.1. The Morgan fingerprint density at radius 1 is 1.26 bits per heavy atom. The molecule has 0 saturated heterocycles. The number of nitrogens with one attached hydrogen (secondary N) is 1. The van der Waals surface area contributed by atoms with Crippen LogP contribution in [0, 0.1) is 0 Å². The molecule has 1 aromatic heterocycles. The molecule has 19 heavy (non-hydrogen) atoms. The summed E-state index contributed by atoms with van der Waals surface area (Å²) >= 11 is 0. The van der Waals surface area contributed by atoms with Gasteiger partial charge < -0.3 is 15.5 Å². The lowest BCUT2D eigenvalue weighted by Crippen LogP contribution is -2.28. The van der Waals surface area contributed by atoms with Gasteiger partial charge >= 0.3 is 0 Å². The predicted octanol–water partition coefficient (Wildman–Crippen LogP) is 2.16. The van der Waals surface area contributed by atoms with Gasteiger partial charge in [-0.15, -0.1) is 0 Å². The molecule has 3 N–H and O–H groups in total. The highest BCUT2D eigenvalue weighted by Gasteiger charge is 2.13. The Morgan fingerprint density at radius 2 is 2.00 bits per heavy atom. The van der Waals surface area contributed by atoms with E-state index in [4.69, 9.17) is 10.2 Å². The molecule has 1 atom stereocenters. The molecule has 100 valence electrons. The Balaban J connectivity index is 1.98. The third-order valence-corrected chi connectivity index (χ3v) is 3.04. The van der Waals surface area contributed by atoms with Crippen molar-refractivity contribution in [3.05, 3.63) is 59.5 Å². The van der Waals surface area contributed by atoms with Crippen molar-refractivity contribution in [1.29, 1.82) is 0 Å². The number of benzene rings is 1. The van der Waals surface area contributed by atoms with E-state index in [1.807, 2.05) is 43.3 Å². The van der Waals surface area contributed by atoms with Crippen LogP contribution in [0.2, 0.25) is 0 Å². The maximum atomic E-state index is 12.0. The van der Waals surface area contributed by atoms with E-state index in [1.54, 1.807) is 6.26 Å². The zero-order valence-corrected chi connectivity index (χ0v) is 10.9. The predicted molar refractivity (Wildman–Crippen MR) is 73.3 cm³/mol. The van der Waals surface area contributed by atoms with E-state index in [-0.39, 0.29) is 11.9 Å². The van der Waals surface area contributed by atoms with Crippen LogP contribution in [0.1, 0.15) is 29.9 Å².